The molecule has 2 aromatic heterocycles. The van der Waals surface area contributed by atoms with Crippen molar-refractivity contribution in [2.75, 3.05) is 23.3 Å². The lowest BCUT2D eigenvalue weighted by molar-refractivity contribution is 0.0495. The van der Waals surface area contributed by atoms with Crippen LogP contribution in [0.4, 0.5) is 29.3 Å². The molecule has 0 bridgehead atoms. The number of alkyl carbamates (subject to hydrolysis) is 1. The van der Waals surface area contributed by atoms with E-state index in [1.807, 2.05) is 26.8 Å². The standard InChI is InChI=1S/C28H32F3N5O2/c1-17-12-19(35-27(37)38-28(2,3)4)16-36(15-17)24-10-11-32-14-23(24)33-13-18-8-9-22(31)26(34-18)25-20(29)6-5-7-21(25)30/h5-11,14,17,19,33H,12-13,15-16H2,1-4H3,(H,35,37). The number of nitrogens with one attached hydrogen (secondary N) is 2. The van der Waals surface area contributed by atoms with Crippen LogP contribution in [0.2, 0.25) is 0 Å². The summed E-state index contributed by atoms with van der Waals surface area (Å²) in [6, 6.07) is 7.73. The van der Waals surface area contributed by atoms with Crippen molar-refractivity contribution in [3.8, 4) is 11.3 Å². The van der Waals surface area contributed by atoms with E-state index < -0.39 is 34.7 Å². The van der Waals surface area contributed by atoms with Gasteiger partial charge in [0.2, 0.25) is 0 Å². The van der Waals surface area contributed by atoms with Crippen molar-refractivity contribution in [2.45, 2.75) is 52.3 Å². The van der Waals surface area contributed by atoms with Crippen LogP contribution < -0.4 is 15.5 Å². The third-order valence-corrected chi connectivity index (χ3v) is 6.08. The smallest absolute Gasteiger partial charge is 0.407 e. The van der Waals surface area contributed by atoms with Crippen molar-refractivity contribution in [3.63, 3.8) is 0 Å². The maximum absolute atomic E-state index is 14.5. The Morgan fingerprint density at radius 3 is 2.53 bits per heavy atom. The van der Waals surface area contributed by atoms with Crippen molar-refractivity contribution in [1.29, 1.82) is 0 Å². The molecular formula is C28H32F3N5O2. The number of halogens is 3. The average Bonchev–Trinajstić information content (AvgIpc) is 2.82. The van der Waals surface area contributed by atoms with Gasteiger partial charge in [-0.05, 0) is 63.4 Å². The Labute approximate surface area is 220 Å². The van der Waals surface area contributed by atoms with Crippen LogP contribution in [0, 0.1) is 23.4 Å². The maximum atomic E-state index is 14.5. The van der Waals surface area contributed by atoms with E-state index in [4.69, 9.17) is 4.74 Å². The van der Waals surface area contributed by atoms with Crippen LogP contribution in [0.25, 0.3) is 11.3 Å². The first-order valence-corrected chi connectivity index (χ1v) is 12.5. The van der Waals surface area contributed by atoms with Gasteiger partial charge in [0.15, 0.2) is 0 Å². The molecule has 1 saturated heterocycles. The van der Waals surface area contributed by atoms with E-state index in [1.165, 1.54) is 12.1 Å². The minimum atomic E-state index is -0.884. The zero-order chi connectivity index (χ0) is 27.4. The number of benzene rings is 1. The summed E-state index contributed by atoms with van der Waals surface area (Å²) in [5, 5.41) is 6.24. The largest absolute Gasteiger partial charge is 0.444 e. The van der Waals surface area contributed by atoms with E-state index in [-0.39, 0.29) is 18.3 Å². The van der Waals surface area contributed by atoms with E-state index in [2.05, 4.69) is 32.4 Å². The average molecular weight is 528 g/mol. The van der Waals surface area contributed by atoms with E-state index in [0.29, 0.717) is 23.8 Å². The molecule has 4 rings (SSSR count). The molecule has 10 heteroatoms. The molecule has 3 aromatic rings. The van der Waals surface area contributed by atoms with Gasteiger partial charge >= 0.3 is 6.09 Å². The summed E-state index contributed by atoms with van der Waals surface area (Å²) in [6.07, 6.45) is 3.73. The lowest BCUT2D eigenvalue weighted by atomic mass is 9.95. The minimum Gasteiger partial charge on any atom is -0.444 e. The minimum absolute atomic E-state index is 0.105. The molecule has 202 valence electrons. The van der Waals surface area contributed by atoms with Gasteiger partial charge in [0, 0.05) is 25.3 Å². The number of nitrogens with zero attached hydrogens (tertiary/aromatic N) is 3. The summed E-state index contributed by atoms with van der Waals surface area (Å²) in [7, 11) is 0. The summed E-state index contributed by atoms with van der Waals surface area (Å²) in [5.41, 5.74) is 0.521. The Morgan fingerprint density at radius 2 is 1.82 bits per heavy atom. The number of piperidine rings is 1. The van der Waals surface area contributed by atoms with Crippen molar-refractivity contribution < 1.29 is 22.7 Å². The molecule has 0 aliphatic carbocycles. The molecule has 1 aliphatic rings. The molecule has 38 heavy (non-hydrogen) atoms. The molecule has 3 heterocycles. The molecule has 7 nitrogen and oxygen atoms in total. The summed E-state index contributed by atoms with van der Waals surface area (Å²) >= 11 is 0. The quantitative estimate of drug-likeness (QED) is 0.415. The highest BCUT2D eigenvalue weighted by Crippen LogP contribution is 2.31. The predicted molar refractivity (Wildman–Crippen MR) is 140 cm³/mol. The SMILES string of the molecule is CC1CC(NC(=O)OC(C)(C)C)CN(c2ccncc2NCc2ccc(F)c(-c3c(F)cccc3F)n2)C1. The van der Waals surface area contributed by atoms with E-state index in [0.717, 1.165) is 36.9 Å². The number of hydrogen-bond donors (Lipinski definition) is 2. The van der Waals surface area contributed by atoms with Crippen LogP contribution >= 0.6 is 0 Å². The lowest BCUT2D eigenvalue weighted by Gasteiger charge is -2.39. The summed E-state index contributed by atoms with van der Waals surface area (Å²) < 4.78 is 48.4. The van der Waals surface area contributed by atoms with Gasteiger partial charge in [-0.25, -0.2) is 22.9 Å². The second-order valence-corrected chi connectivity index (χ2v) is 10.6. The molecule has 1 fully saturated rings. The fourth-order valence-electron chi connectivity index (χ4n) is 4.59. The van der Waals surface area contributed by atoms with Gasteiger partial charge in [0.1, 0.15) is 28.7 Å². The first-order valence-electron chi connectivity index (χ1n) is 12.5. The molecule has 2 atom stereocenters. The second kappa shape index (κ2) is 11.3. The Morgan fingerprint density at radius 1 is 1.08 bits per heavy atom. The molecule has 2 N–H and O–H groups in total. The molecular weight excluding hydrogens is 495 g/mol. The summed E-state index contributed by atoms with van der Waals surface area (Å²) in [5.74, 6) is -2.28. The van der Waals surface area contributed by atoms with Crippen LogP contribution in [0.5, 0.6) is 0 Å². The highest BCUT2D eigenvalue weighted by atomic mass is 19.1. The molecule has 1 aromatic carbocycles. The third-order valence-electron chi connectivity index (χ3n) is 6.08. The monoisotopic (exact) mass is 527 g/mol. The first-order chi connectivity index (χ1) is 18.0. The highest BCUT2D eigenvalue weighted by Gasteiger charge is 2.29. The van der Waals surface area contributed by atoms with E-state index >= 15 is 0 Å². The third kappa shape index (κ3) is 6.73. The second-order valence-electron chi connectivity index (χ2n) is 10.6. The Kier molecular flexibility index (Phi) is 8.08. The number of carbonyl (C=O) groups is 1. The van der Waals surface area contributed by atoms with Gasteiger partial charge in [-0.3, -0.25) is 4.98 Å². The van der Waals surface area contributed by atoms with Gasteiger partial charge in [-0.2, -0.15) is 0 Å². The van der Waals surface area contributed by atoms with Crippen molar-refractivity contribution in [1.82, 2.24) is 15.3 Å². The predicted octanol–water partition coefficient (Wildman–Crippen LogP) is 5.91. The molecule has 1 aliphatic heterocycles. The van der Waals surface area contributed by atoms with Crippen LogP contribution in [0.1, 0.15) is 39.8 Å². The van der Waals surface area contributed by atoms with Gasteiger partial charge in [0.05, 0.1) is 35.4 Å². The Bertz CT molecular complexity index is 1280. The molecule has 0 radical (unpaired) electrons. The van der Waals surface area contributed by atoms with Crippen molar-refractivity contribution in [3.05, 3.63) is 71.9 Å². The number of rotatable bonds is 6. The van der Waals surface area contributed by atoms with Crippen LogP contribution in [0.15, 0.2) is 48.8 Å². The van der Waals surface area contributed by atoms with E-state index in [9.17, 15) is 18.0 Å². The number of hydrogen-bond acceptors (Lipinski definition) is 6. The fourth-order valence-corrected chi connectivity index (χ4v) is 4.59. The number of carbonyl (C=O) groups excluding carboxylic acids is 1. The number of pyridine rings is 2. The van der Waals surface area contributed by atoms with Crippen molar-refractivity contribution in [2.24, 2.45) is 5.92 Å². The number of amides is 1. The molecule has 1 amide bonds. The number of aromatic nitrogens is 2. The molecule has 0 saturated carbocycles. The topological polar surface area (TPSA) is 79.4 Å². The maximum Gasteiger partial charge on any atom is 0.407 e. The normalized spacial score (nSPS) is 17.7. The molecule has 2 unspecified atom stereocenters. The number of ether oxygens (including phenoxy) is 1. The zero-order valence-corrected chi connectivity index (χ0v) is 21.9. The van der Waals surface area contributed by atoms with Crippen molar-refractivity contribution >= 4 is 17.5 Å². The van der Waals surface area contributed by atoms with Gasteiger partial charge < -0.3 is 20.3 Å². The first kappa shape index (κ1) is 27.2. The van der Waals surface area contributed by atoms with Crippen LogP contribution in [-0.4, -0.2) is 40.8 Å². The highest BCUT2D eigenvalue weighted by molar-refractivity contribution is 5.70. The lowest BCUT2D eigenvalue weighted by Crippen LogP contribution is -2.51. The Hall–Kier alpha value is -3.82. The van der Waals surface area contributed by atoms with Gasteiger partial charge in [0.25, 0.3) is 0 Å². The fraction of sp³-hybridized carbons (Fsp3) is 0.393. The Balaban J connectivity index is 1.50. The van der Waals surface area contributed by atoms with Gasteiger partial charge in [-0.15, -0.1) is 0 Å². The van der Waals surface area contributed by atoms with Crippen LogP contribution in [0.3, 0.4) is 0 Å². The van der Waals surface area contributed by atoms with Crippen LogP contribution in [-0.2, 0) is 11.3 Å². The zero-order valence-electron chi connectivity index (χ0n) is 21.9. The summed E-state index contributed by atoms with van der Waals surface area (Å²) in [4.78, 5) is 22.9. The van der Waals surface area contributed by atoms with Gasteiger partial charge in [-0.1, -0.05) is 13.0 Å². The van der Waals surface area contributed by atoms with E-state index in [1.54, 1.807) is 12.4 Å². The summed E-state index contributed by atoms with van der Waals surface area (Å²) in [6.45, 7) is 9.11. The number of anilines is 2. The molecule has 0 spiro atoms.